The molecule has 23 heavy (non-hydrogen) atoms. The van der Waals surface area contributed by atoms with Crippen LogP contribution in [0.15, 0.2) is 0 Å². The SMILES string of the molecule is [C-]#CC[C@H](O[Si](C)(C)C(C)(C)C)[C@H]1COC2(CCCCC2)O1.[Li+]. The van der Waals surface area contributed by atoms with Crippen molar-refractivity contribution in [3.05, 3.63) is 6.42 Å². The Hall–Kier alpha value is 0.254. The van der Waals surface area contributed by atoms with Crippen LogP contribution in [0.25, 0.3) is 0 Å². The van der Waals surface area contributed by atoms with Gasteiger partial charge in [0.1, 0.15) is 6.10 Å². The molecule has 126 valence electrons. The molecule has 2 aliphatic rings. The third kappa shape index (κ3) is 5.11. The Morgan fingerprint density at radius 1 is 1.26 bits per heavy atom. The Labute approximate surface area is 155 Å². The number of rotatable bonds is 4. The maximum absolute atomic E-state index is 7.39. The van der Waals surface area contributed by atoms with E-state index in [-0.39, 0.29) is 41.9 Å². The van der Waals surface area contributed by atoms with Crippen LogP contribution in [0.1, 0.15) is 59.3 Å². The van der Waals surface area contributed by atoms with Crippen molar-refractivity contribution in [3.8, 4) is 5.92 Å². The van der Waals surface area contributed by atoms with Gasteiger partial charge < -0.3 is 26.2 Å². The molecule has 1 aliphatic carbocycles. The topological polar surface area (TPSA) is 27.7 Å². The first-order chi connectivity index (χ1) is 10.2. The normalized spacial score (nSPS) is 25.7. The van der Waals surface area contributed by atoms with Crippen LogP contribution in [0.4, 0.5) is 0 Å². The summed E-state index contributed by atoms with van der Waals surface area (Å²) in [4.78, 5) is 0. The zero-order valence-corrected chi connectivity index (χ0v) is 16.8. The summed E-state index contributed by atoms with van der Waals surface area (Å²) >= 11 is 0. The van der Waals surface area contributed by atoms with E-state index in [1.807, 2.05) is 0 Å². The summed E-state index contributed by atoms with van der Waals surface area (Å²) in [6, 6.07) is 0. The maximum atomic E-state index is 7.39. The zero-order valence-electron chi connectivity index (χ0n) is 15.8. The molecule has 5 heteroatoms. The average molecular weight is 330 g/mol. The van der Waals surface area contributed by atoms with Crippen molar-refractivity contribution in [1.29, 1.82) is 0 Å². The first-order valence-corrected chi connectivity index (χ1v) is 11.5. The van der Waals surface area contributed by atoms with E-state index in [0.717, 1.165) is 12.8 Å². The molecule has 0 amide bonds. The van der Waals surface area contributed by atoms with Gasteiger partial charge in [-0.25, -0.2) is 0 Å². The van der Waals surface area contributed by atoms with Crippen molar-refractivity contribution in [2.45, 2.75) is 95.4 Å². The van der Waals surface area contributed by atoms with Gasteiger partial charge in [0.15, 0.2) is 14.1 Å². The summed E-state index contributed by atoms with van der Waals surface area (Å²) in [7, 11) is -1.89. The Morgan fingerprint density at radius 2 is 1.87 bits per heavy atom. The van der Waals surface area contributed by atoms with Crippen LogP contribution >= 0.6 is 0 Å². The van der Waals surface area contributed by atoms with Crippen molar-refractivity contribution in [1.82, 2.24) is 0 Å². The van der Waals surface area contributed by atoms with E-state index in [9.17, 15) is 0 Å². The third-order valence-corrected chi connectivity index (χ3v) is 9.97. The van der Waals surface area contributed by atoms with Crippen LogP contribution in [-0.4, -0.2) is 32.9 Å². The molecule has 1 saturated heterocycles. The van der Waals surface area contributed by atoms with Gasteiger partial charge in [-0.3, -0.25) is 0 Å². The molecular weight excluding hydrogens is 299 g/mol. The molecule has 1 heterocycles. The fraction of sp³-hybridized carbons (Fsp3) is 0.889. The van der Waals surface area contributed by atoms with Gasteiger partial charge in [-0.1, -0.05) is 27.2 Å². The molecular formula is C18H31LiO3Si. The summed E-state index contributed by atoms with van der Waals surface area (Å²) in [5.41, 5.74) is 0. The predicted molar refractivity (Wildman–Crippen MR) is 90.5 cm³/mol. The fourth-order valence-corrected chi connectivity index (χ4v) is 4.36. The minimum Gasteiger partial charge on any atom is -0.694 e. The molecule has 1 spiro atoms. The van der Waals surface area contributed by atoms with Gasteiger partial charge >= 0.3 is 18.9 Å². The molecule has 0 unspecified atom stereocenters. The molecule has 0 aromatic carbocycles. The minimum absolute atomic E-state index is 0. The van der Waals surface area contributed by atoms with Gasteiger partial charge in [-0.05, 0) is 37.4 Å². The van der Waals surface area contributed by atoms with Crippen molar-refractivity contribution >= 4 is 8.32 Å². The van der Waals surface area contributed by atoms with E-state index in [2.05, 4.69) is 39.8 Å². The minimum atomic E-state index is -1.89. The molecule has 0 bridgehead atoms. The van der Waals surface area contributed by atoms with Crippen molar-refractivity contribution in [2.24, 2.45) is 0 Å². The number of ether oxygens (including phenoxy) is 2. The van der Waals surface area contributed by atoms with Gasteiger partial charge in [0.25, 0.3) is 0 Å². The van der Waals surface area contributed by atoms with Crippen molar-refractivity contribution < 1.29 is 32.8 Å². The van der Waals surface area contributed by atoms with Gasteiger partial charge in [-0.15, -0.1) is 0 Å². The molecule has 2 rings (SSSR count). The quantitative estimate of drug-likeness (QED) is 0.443. The second-order valence-electron chi connectivity index (χ2n) is 8.24. The predicted octanol–water partition coefficient (Wildman–Crippen LogP) is 1.44. The Kier molecular flexibility index (Phi) is 7.49. The van der Waals surface area contributed by atoms with Crippen LogP contribution in [0.3, 0.4) is 0 Å². The average Bonchev–Trinajstić information content (AvgIpc) is 2.81. The molecule has 1 saturated carbocycles. The standard InChI is InChI=1S/C18H31O3Si.Li/c1-7-11-15(21-22(5,6)17(2,3)4)16-14-19-18(20-16)12-9-8-10-13-18;/h15-16H,8-14H2,2-6H3;/q-1;+1/t15-,16+;/m0./s1. The van der Waals surface area contributed by atoms with E-state index < -0.39 is 8.32 Å². The second kappa shape index (κ2) is 8.09. The van der Waals surface area contributed by atoms with Gasteiger partial charge in [0.05, 0.1) is 12.7 Å². The molecule has 0 radical (unpaired) electrons. The molecule has 0 aromatic heterocycles. The maximum Gasteiger partial charge on any atom is 1.00 e. The molecule has 3 nitrogen and oxygen atoms in total. The van der Waals surface area contributed by atoms with Crippen molar-refractivity contribution in [3.63, 3.8) is 0 Å². The van der Waals surface area contributed by atoms with Crippen LogP contribution in [0.5, 0.6) is 0 Å². The Bertz CT molecular complexity index is 419. The number of hydrogen-bond donors (Lipinski definition) is 0. The van der Waals surface area contributed by atoms with E-state index >= 15 is 0 Å². The molecule has 2 atom stereocenters. The molecule has 1 aliphatic heterocycles. The third-order valence-electron chi connectivity index (χ3n) is 5.46. The first kappa shape index (κ1) is 21.3. The van der Waals surface area contributed by atoms with Gasteiger partial charge in [0, 0.05) is 12.8 Å². The largest absolute Gasteiger partial charge is 1.00 e. The van der Waals surface area contributed by atoms with Crippen LogP contribution in [0.2, 0.25) is 18.1 Å². The monoisotopic (exact) mass is 330 g/mol. The molecule has 0 N–H and O–H groups in total. The molecule has 2 fully saturated rings. The van der Waals surface area contributed by atoms with Gasteiger partial charge in [-0.2, -0.15) is 0 Å². The summed E-state index contributed by atoms with van der Waals surface area (Å²) in [5, 5.41) is 0.148. The summed E-state index contributed by atoms with van der Waals surface area (Å²) in [6.07, 6.45) is 13.3. The van der Waals surface area contributed by atoms with Crippen LogP contribution < -0.4 is 18.9 Å². The summed E-state index contributed by atoms with van der Waals surface area (Å²) in [5.74, 6) is 2.15. The van der Waals surface area contributed by atoms with Crippen LogP contribution in [-0.2, 0) is 13.9 Å². The number of hydrogen-bond acceptors (Lipinski definition) is 3. The fourth-order valence-electron chi connectivity index (χ4n) is 3.02. The van der Waals surface area contributed by atoms with Crippen LogP contribution in [0, 0.1) is 12.3 Å². The van der Waals surface area contributed by atoms with Crippen molar-refractivity contribution in [2.75, 3.05) is 6.61 Å². The molecule has 0 aromatic rings. The smallest absolute Gasteiger partial charge is 0.694 e. The summed E-state index contributed by atoms with van der Waals surface area (Å²) < 4.78 is 18.9. The van der Waals surface area contributed by atoms with Gasteiger partial charge in [0.2, 0.25) is 0 Å². The van der Waals surface area contributed by atoms with E-state index in [1.165, 1.54) is 19.3 Å². The second-order valence-corrected chi connectivity index (χ2v) is 13.0. The Morgan fingerprint density at radius 3 is 2.39 bits per heavy atom. The van der Waals surface area contributed by atoms with E-state index in [4.69, 9.17) is 20.3 Å². The van der Waals surface area contributed by atoms with E-state index in [1.54, 1.807) is 0 Å². The first-order valence-electron chi connectivity index (χ1n) is 8.58. The Balaban J connectivity index is 0.00000264. The van der Waals surface area contributed by atoms with E-state index in [0.29, 0.717) is 13.0 Å². The summed E-state index contributed by atoms with van der Waals surface area (Å²) in [6.45, 7) is 11.8. The zero-order chi connectivity index (χ0) is 16.4.